The van der Waals surface area contributed by atoms with E-state index >= 15 is 0 Å². The first-order valence-electron chi connectivity index (χ1n) is 4.50. The molecule has 1 aromatic heterocycles. The van der Waals surface area contributed by atoms with Gasteiger partial charge in [-0.15, -0.1) is 11.3 Å². The predicted octanol–water partition coefficient (Wildman–Crippen LogP) is 3.76. The number of thiophene rings is 1. The molecule has 0 radical (unpaired) electrons. The van der Waals surface area contributed by atoms with Gasteiger partial charge in [-0.2, -0.15) is 0 Å². The zero-order chi connectivity index (χ0) is 10.1. The molecule has 0 saturated carbocycles. The summed E-state index contributed by atoms with van der Waals surface area (Å²) < 4.78 is 2.37. The zero-order valence-electron chi connectivity index (χ0n) is 7.83. The van der Waals surface area contributed by atoms with Crippen molar-refractivity contribution in [3.63, 3.8) is 0 Å². The van der Waals surface area contributed by atoms with Crippen molar-refractivity contribution in [1.82, 2.24) is 0 Å². The van der Waals surface area contributed by atoms with Crippen LogP contribution in [0.15, 0.2) is 28.1 Å². The summed E-state index contributed by atoms with van der Waals surface area (Å²) in [5, 5.41) is 12.5. The van der Waals surface area contributed by atoms with E-state index in [1.54, 1.807) is 11.3 Å². The summed E-state index contributed by atoms with van der Waals surface area (Å²) in [6.07, 6.45) is 0. The summed E-state index contributed by atoms with van der Waals surface area (Å²) in [5.74, 6) is 0.220. The first kappa shape index (κ1) is 10.1. The Hall–Kier alpha value is -0.380. The Morgan fingerprint density at radius 1 is 1.50 bits per heavy atom. The number of benzene rings is 1. The fraction of sp³-hybridized carbons (Fsp3) is 0.273. The minimum atomic E-state index is 0.207. The van der Waals surface area contributed by atoms with Crippen LogP contribution in [0.4, 0.5) is 0 Å². The smallest absolute Gasteiger partial charge is 0.0497 e. The average Bonchev–Trinajstić information content (AvgIpc) is 2.59. The Morgan fingerprint density at radius 3 is 3.00 bits per heavy atom. The molecule has 14 heavy (non-hydrogen) atoms. The van der Waals surface area contributed by atoms with Gasteiger partial charge in [0.05, 0.1) is 0 Å². The van der Waals surface area contributed by atoms with Gasteiger partial charge >= 0.3 is 0 Å². The summed E-state index contributed by atoms with van der Waals surface area (Å²) >= 11 is 5.20. The van der Waals surface area contributed by atoms with Gasteiger partial charge in [0.2, 0.25) is 0 Å². The van der Waals surface area contributed by atoms with E-state index in [0.29, 0.717) is 0 Å². The maximum Gasteiger partial charge on any atom is 0.0497 e. The molecular weight excluding hydrogens is 260 g/mol. The lowest BCUT2D eigenvalue weighted by atomic mass is 10.0. The molecular formula is C11H11BrOS. The highest BCUT2D eigenvalue weighted by Crippen LogP contribution is 2.32. The molecule has 1 nitrogen and oxygen atoms in total. The Kier molecular flexibility index (Phi) is 2.91. The number of fused-ring (bicyclic) bond motifs is 1. The number of aliphatic hydroxyl groups is 1. The number of hydrogen-bond acceptors (Lipinski definition) is 2. The molecule has 3 heteroatoms. The summed E-state index contributed by atoms with van der Waals surface area (Å²) in [6.45, 7) is 2.25. The predicted molar refractivity (Wildman–Crippen MR) is 65.0 cm³/mol. The van der Waals surface area contributed by atoms with Gasteiger partial charge in [0, 0.05) is 21.7 Å². The highest BCUT2D eigenvalue weighted by molar-refractivity contribution is 9.10. The lowest BCUT2D eigenvalue weighted by molar-refractivity contribution is 0.274. The molecule has 0 spiro atoms. The lowest BCUT2D eigenvalue weighted by Gasteiger charge is -2.05. The first-order valence-corrected chi connectivity index (χ1v) is 6.17. The minimum absolute atomic E-state index is 0.207. The van der Waals surface area contributed by atoms with Crippen molar-refractivity contribution in [2.45, 2.75) is 12.8 Å². The Labute approximate surface area is 95.5 Å². The number of halogens is 1. The van der Waals surface area contributed by atoms with Crippen LogP contribution in [0.1, 0.15) is 18.4 Å². The molecule has 0 aliphatic heterocycles. The molecule has 2 rings (SSSR count). The van der Waals surface area contributed by atoms with Crippen LogP contribution in [0, 0.1) is 0 Å². The largest absolute Gasteiger partial charge is 0.396 e. The molecule has 1 atom stereocenters. The van der Waals surface area contributed by atoms with Crippen LogP contribution >= 0.6 is 27.3 Å². The van der Waals surface area contributed by atoms with Crippen molar-refractivity contribution in [3.8, 4) is 0 Å². The fourth-order valence-corrected chi connectivity index (χ4v) is 2.93. The van der Waals surface area contributed by atoms with Crippen LogP contribution in [0.25, 0.3) is 10.1 Å². The molecule has 0 aliphatic rings. The molecule has 1 heterocycles. The van der Waals surface area contributed by atoms with E-state index in [9.17, 15) is 0 Å². The number of rotatable bonds is 2. The van der Waals surface area contributed by atoms with E-state index in [0.717, 1.165) is 4.47 Å². The Balaban J connectivity index is 2.61. The van der Waals surface area contributed by atoms with Crippen molar-refractivity contribution in [3.05, 3.63) is 33.6 Å². The highest BCUT2D eigenvalue weighted by atomic mass is 79.9. The maximum atomic E-state index is 9.13. The van der Waals surface area contributed by atoms with Gasteiger partial charge in [0.25, 0.3) is 0 Å². The van der Waals surface area contributed by atoms with Gasteiger partial charge in [0.15, 0.2) is 0 Å². The van der Waals surface area contributed by atoms with Gasteiger partial charge < -0.3 is 5.11 Å². The molecule has 1 N–H and O–H groups in total. The fourth-order valence-electron chi connectivity index (χ4n) is 1.50. The average molecular weight is 271 g/mol. The van der Waals surface area contributed by atoms with Crippen molar-refractivity contribution in [2.24, 2.45) is 0 Å². The third-order valence-electron chi connectivity index (χ3n) is 2.37. The normalized spacial score (nSPS) is 13.4. The SMILES string of the molecule is CC(CO)c1csc2ccc(Br)cc12. The van der Waals surface area contributed by atoms with E-state index in [4.69, 9.17) is 5.11 Å². The number of aliphatic hydroxyl groups excluding tert-OH is 1. The van der Waals surface area contributed by atoms with E-state index < -0.39 is 0 Å². The second-order valence-corrected chi connectivity index (χ2v) is 5.24. The summed E-state index contributed by atoms with van der Waals surface area (Å²) in [7, 11) is 0. The first-order chi connectivity index (χ1) is 6.72. The van der Waals surface area contributed by atoms with Crippen LogP contribution in [-0.2, 0) is 0 Å². The van der Waals surface area contributed by atoms with Gasteiger partial charge in [-0.25, -0.2) is 0 Å². The second kappa shape index (κ2) is 4.01. The second-order valence-electron chi connectivity index (χ2n) is 3.42. The monoisotopic (exact) mass is 270 g/mol. The van der Waals surface area contributed by atoms with Gasteiger partial charge in [0.1, 0.15) is 0 Å². The lowest BCUT2D eigenvalue weighted by Crippen LogP contribution is -1.96. The molecule has 1 aromatic carbocycles. The van der Waals surface area contributed by atoms with Crippen molar-refractivity contribution >= 4 is 37.4 Å². The molecule has 0 aliphatic carbocycles. The van der Waals surface area contributed by atoms with E-state index in [-0.39, 0.29) is 12.5 Å². The van der Waals surface area contributed by atoms with E-state index in [1.165, 1.54) is 15.6 Å². The van der Waals surface area contributed by atoms with Gasteiger partial charge in [-0.3, -0.25) is 0 Å². The third-order valence-corrected chi connectivity index (χ3v) is 3.85. The van der Waals surface area contributed by atoms with Crippen LogP contribution in [0.5, 0.6) is 0 Å². The molecule has 0 amide bonds. The van der Waals surface area contributed by atoms with Crippen LogP contribution in [-0.4, -0.2) is 11.7 Å². The standard InChI is InChI=1S/C11H11BrOS/c1-7(5-13)10-6-14-11-3-2-8(12)4-9(10)11/h2-4,6-7,13H,5H2,1H3. The Morgan fingerprint density at radius 2 is 2.29 bits per heavy atom. The van der Waals surface area contributed by atoms with E-state index in [1.807, 2.05) is 13.0 Å². The van der Waals surface area contributed by atoms with Gasteiger partial charge in [-0.05, 0) is 34.5 Å². The minimum Gasteiger partial charge on any atom is -0.396 e. The van der Waals surface area contributed by atoms with Crippen LogP contribution in [0.3, 0.4) is 0 Å². The zero-order valence-corrected chi connectivity index (χ0v) is 10.2. The molecule has 0 bridgehead atoms. The topological polar surface area (TPSA) is 20.2 Å². The summed E-state index contributed by atoms with van der Waals surface area (Å²) in [5.41, 5.74) is 1.24. The molecule has 0 saturated heterocycles. The van der Waals surface area contributed by atoms with Crippen molar-refractivity contribution in [1.29, 1.82) is 0 Å². The molecule has 2 aromatic rings. The third kappa shape index (κ3) is 1.72. The van der Waals surface area contributed by atoms with Crippen LogP contribution in [0.2, 0.25) is 0 Å². The van der Waals surface area contributed by atoms with Crippen molar-refractivity contribution < 1.29 is 5.11 Å². The molecule has 74 valence electrons. The molecule has 1 unspecified atom stereocenters. The Bertz CT molecular complexity index is 449. The summed E-state index contributed by atoms with van der Waals surface area (Å²) in [6, 6.07) is 6.28. The maximum absolute atomic E-state index is 9.13. The van der Waals surface area contributed by atoms with Gasteiger partial charge in [-0.1, -0.05) is 22.9 Å². The molecule has 0 fully saturated rings. The quantitative estimate of drug-likeness (QED) is 0.881. The number of hydrogen-bond donors (Lipinski definition) is 1. The van der Waals surface area contributed by atoms with Crippen LogP contribution < -0.4 is 0 Å². The van der Waals surface area contributed by atoms with E-state index in [2.05, 4.69) is 33.4 Å². The highest BCUT2D eigenvalue weighted by Gasteiger charge is 2.10. The summed E-state index contributed by atoms with van der Waals surface area (Å²) in [4.78, 5) is 0. The van der Waals surface area contributed by atoms with Crippen molar-refractivity contribution in [2.75, 3.05) is 6.61 Å².